The van der Waals surface area contributed by atoms with Gasteiger partial charge in [0, 0.05) is 12.6 Å². The van der Waals surface area contributed by atoms with Crippen LogP contribution in [0.4, 0.5) is 13.2 Å². The summed E-state index contributed by atoms with van der Waals surface area (Å²) in [6.45, 7) is 2.24. The quantitative estimate of drug-likeness (QED) is 0.453. The number of fused-ring (bicyclic) bond motifs is 1. The fourth-order valence-corrected chi connectivity index (χ4v) is 4.55. The molecule has 0 radical (unpaired) electrons. The van der Waals surface area contributed by atoms with Crippen molar-refractivity contribution in [2.45, 2.75) is 32.0 Å². The highest BCUT2D eigenvalue weighted by atomic mass is 32.1. The minimum atomic E-state index is -4.66. The molecule has 0 saturated carbocycles. The second kappa shape index (κ2) is 7.19. The van der Waals surface area contributed by atoms with E-state index in [1.54, 1.807) is 35.4 Å². The van der Waals surface area contributed by atoms with Gasteiger partial charge in [0.25, 0.3) is 5.91 Å². The van der Waals surface area contributed by atoms with Gasteiger partial charge in [0.05, 0.1) is 28.5 Å². The molecule has 160 valence electrons. The van der Waals surface area contributed by atoms with Crippen molar-refractivity contribution >= 4 is 22.9 Å². The van der Waals surface area contributed by atoms with Crippen LogP contribution in [0.3, 0.4) is 0 Å². The van der Waals surface area contributed by atoms with Gasteiger partial charge >= 0.3 is 6.18 Å². The van der Waals surface area contributed by atoms with Gasteiger partial charge < -0.3 is 9.42 Å². The van der Waals surface area contributed by atoms with Crippen molar-refractivity contribution in [3.05, 3.63) is 58.6 Å². The molecule has 0 bridgehead atoms. The van der Waals surface area contributed by atoms with Gasteiger partial charge in [-0.1, -0.05) is 11.2 Å². The molecule has 7 nitrogen and oxygen atoms in total. The number of alkyl halides is 3. The number of aromatic nitrogens is 4. The van der Waals surface area contributed by atoms with Gasteiger partial charge in [0.1, 0.15) is 5.56 Å². The number of thiophene rings is 1. The summed E-state index contributed by atoms with van der Waals surface area (Å²) in [6, 6.07) is 5.81. The molecule has 1 aliphatic heterocycles. The molecular weight excluding hydrogens is 431 g/mol. The average molecular weight is 447 g/mol. The monoisotopic (exact) mass is 447 g/mol. The van der Waals surface area contributed by atoms with Crippen molar-refractivity contribution in [2.75, 3.05) is 6.54 Å². The lowest BCUT2D eigenvalue weighted by atomic mass is 10.1. The predicted molar refractivity (Wildman–Crippen MR) is 106 cm³/mol. The number of carbonyl (C=O) groups is 1. The Morgan fingerprint density at radius 3 is 2.84 bits per heavy atom. The number of hydrogen-bond acceptors (Lipinski definition) is 6. The smallest absolute Gasteiger partial charge is 0.359 e. The number of carbonyl (C=O) groups excluding carboxylic acids is 1. The Hall–Kier alpha value is -3.21. The summed E-state index contributed by atoms with van der Waals surface area (Å²) in [5.41, 5.74) is -0.242. The van der Waals surface area contributed by atoms with Crippen LogP contribution in [-0.2, 0) is 6.18 Å². The molecule has 1 fully saturated rings. The van der Waals surface area contributed by atoms with E-state index < -0.39 is 17.8 Å². The predicted octanol–water partition coefficient (Wildman–Crippen LogP) is 4.75. The maximum absolute atomic E-state index is 13.7. The molecule has 1 atom stereocenters. The van der Waals surface area contributed by atoms with E-state index in [0.29, 0.717) is 33.8 Å². The topological polar surface area (TPSA) is 76.5 Å². The number of amides is 1. The van der Waals surface area contributed by atoms with E-state index >= 15 is 0 Å². The molecule has 1 aliphatic rings. The minimum absolute atomic E-state index is 0.0204. The standard InChI is InChI=1S/C20H16F3N5O2S/c1-11-8-15(30-26-11)14-4-2-6-27(14)19(29)12-10-24-28-17(20(21,22)23)9-13(25-18(12)28)16-5-3-7-31-16/h3,5,7-10,14H,2,4,6H2,1H3/t14-/m0/s1. The van der Waals surface area contributed by atoms with E-state index in [1.165, 1.54) is 11.3 Å². The largest absolute Gasteiger partial charge is 0.433 e. The molecular formula is C20H16F3N5O2S. The lowest BCUT2D eigenvalue weighted by Gasteiger charge is -2.22. The molecule has 0 N–H and O–H groups in total. The molecule has 4 aromatic heterocycles. The first-order chi connectivity index (χ1) is 14.8. The van der Waals surface area contributed by atoms with Crippen molar-refractivity contribution in [1.82, 2.24) is 24.7 Å². The summed E-state index contributed by atoms with van der Waals surface area (Å²) in [5, 5.41) is 9.49. The van der Waals surface area contributed by atoms with E-state index in [1.807, 2.05) is 0 Å². The Morgan fingerprint density at radius 2 is 2.16 bits per heavy atom. The number of nitrogens with zero attached hydrogens (tertiary/aromatic N) is 5. The van der Waals surface area contributed by atoms with E-state index in [9.17, 15) is 18.0 Å². The fourth-order valence-electron chi connectivity index (χ4n) is 3.87. The van der Waals surface area contributed by atoms with Crippen molar-refractivity contribution < 1.29 is 22.5 Å². The van der Waals surface area contributed by atoms with Crippen LogP contribution in [0, 0.1) is 6.92 Å². The molecule has 0 spiro atoms. The third-order valence-corrected chi connectivity index (χ3v) is 6.15. The maximum atomic E-state index is 13.7. The molecule has 31 heavy (non-hydrogen) atoms. The third kappa shape index (κ3) is 3.38. The summed E-state index contributed by atoms with van der Waals surface area (Å²) in [5.74, 6) is 0.124. The highest BCUT2D eigenvalue weighted by Crippen LogP contribution is 2.36. The highest BCUT2D eigenvalue weighted by molar-refractivity contribution is 7.13. The van der Waals surface area contributed by atoms with Gasteiger partial charge in [-0.05, 0) is 37.3 Å². The zero-order valence-electron chi connectivity index (χ0n) is 16.3. The van der Waals surface area contributed by atoms with Gasteiger partial charge in [0.15, 0.2) is 17.1 Å². The Labute approximate surface area is 178 Å². The van der Waals surface area contributed by atoms with Gasteiger partial charge in [0.2, 0.25) is 0 Å². The van der Waals surface area contributed by atoms with Crippen LogP contribution in [0.2, 0.25) is 0 Å². The first-order valence-electron chi connectivity index (χ1n) is 9.57. The van der Waals surface area contributed by atoms with Crippen LogP contribution in [0.1, 0.15) is 46.4 Å². The third-order valence-electron chi connectivity index (χ3n) is 5.25. The number of rotatable bonds is 3. The molecule has 5 heterocycles. The second-order valence-electron chi connectivity index (χ2n) is 7.32. The molecule has 0 aliphatic carbocycles. The molecule has 1 amide bonds. The molecule has 1 saturated heterocycles. The summed E-state index contributed by atoms with van der Waals surface area (Å²) in [7, 11) is 0. The van der Waals surface area contributed by atoms with Crippen LogP contribution in [0.5, 0.6) is 0 Å². The van der Waals surface area contributed by atoms with Crippen molar-refractivity contribution in [1.29, 1.82) is 0 Å². The first-order valence-corrected chi connectivity index (χ1v) is 10.4. The van der Waals surface area contributed by atoms with E-state index in [2.05, 4.69) is 15.2 Å². The van der Waals surface area contributed by atoms with Gasteiger partial charge in [-0.15, -0.1) is 11.3 Å². The van der Waals surface area contributed by atoms with E-state index in [-0.39, 0.29) is 22.9 Å². The molecule has 5 rings (SSSR count). The fraction of sp³-hybridized carbons (Fsp3) is 0.300. The van der Waals surface area contributed by atoms with Crippen LogP contribution < -0.4 is 0 Å². The van der Waals surface area contributed by atoms with Crippen LogP contribution >= 0.6 is 11.3 Å². The number of likely N-dealkylation sites (tertiary alicyclic amines) is 1. The average Bonchev–Trinajstić information content (AvgIpc) is 3.51. The van der Waals surface area contributed by atoms with Crippen LogP contribution in [0.25, 0.3) is 16.2 Å². The summed E-state index contributed by atoms with van der Waals surface area (Å²) >= 11 is 1.27. The summed E-state index contributed by atoms with van der Waals surface area (Å²) in [4.78, 5) is 19.9. The lowest BCUT2D eigenvalue weighted by Crippen LogP contribution is -2.30. The van der Waals surface area contributed by atoms with Gasteiger partial charge in [-0.2, -0.15) is 18.3 Å². The normalized spacial score (nSPS) is 17.0. The van der Waals surface area contributed by atoms with Crippen molar-refractivity contribution in [3.8, 4) is 10.6 Å². The number of aryl methyl sites for hydroxylation is 1. The second-order valence-corrected chi connectivity index (χ2v) is 8.27. The Kier molecular flexibility index (Phi) is 4.58. The number of halogens is 3. The zero-order valence-corrected chi connectivity index (χ0v) is 17.1. The lowest BCUT2D eigenvalue weighted by molar-refractivity contribution is -0.142. The molecule has 0 aromatic carbocycles. The van der Waals surface area contributed by atoms with Crippen molar-refractivity contribution in [2.24, 2.45) is 0 Å². The zero-order chi connectivity index (χ0) is 21.8. The Morgan fingerprint density at radius 1 is 1.32 bits per heavy atom. The molecule has 4 aromatic rings. The molecule has 0 unspecified atom stereocenters. The number of hydrogen-bond donors (Lipinski definition) is 0. The summed E-state index contributed by atoms with van der Waals surface area (Å²) in [6.07, 6.45) is -2.08. The Bertz CT molecular complexity index is 1260. The van der Waals surface area contributed by atoms with Crippen LogP contribution in [0.15, 0.2) is 40.4 Å². The van der Waals surface area contributed by atoms with Crippen LogP contribution in [-0.4, -0.2) is 37.1 Å². The van der Waals surface area contributed by atoms with Gasteiger partial charge in [-0.25, -0.2) is 9.50 Å². The summed E-state index contributed by atoms with van der Waals surface area (Å²) < 4.78 is 47.2. The Balaban J connectivity index is 1.61. The van der Waals surface area contributed by atoms with E-state index in [4.69, 9.17) is 4.52 Å². The highest BCUT2D eigenvalue weighted by Gasteiger charge is 2.38. The minimum Gasteiger partial charge on any atom is -0.359 e. The van der Waals surface area contributed by atoms with Crippen molar-refractivity contribution in [3.63, 3.8) is 0 Å². The SMILES string of the molecule is Cc1cc([C@@H]2CCCN2C(=O)c2cnn3c(C(F)(F)F)cc(-c4cccs4)nc23)on1. The first kappa shape index (κ1) is 19.7. The van der Waals surface area contributed by atoms with E-state index in [0.717, 1.165) is 18.7 Å². The van der Waals surface area contributed by atoms with Gasteiger partial charge in [-0.3, -0.25) is 4.79 Å². The molecule has 11 heteroatoms. The maximum Gasteiger partial charge on any atom is 0.433 e.